The molecule has 0 saturated heterocycles. The lowest BCUT2D eigenvalue weighted by atomic mass is 9.92. The van der Waals surface area contributed by atoms with Gasteiger partial charge in [-0.1, -0.05) is 76.6 Å². The molecule has 0 fully saturated rings. The highest BCUT2D eigenvalue weighted by molar-refractivity contribution is 5.76. The van der Waals surface area contributed by atoms with Crippen molar-refractivity contribution in [3.05, 3.63) is 42.2 Å². The molecule has 0 bridgehead atoms. The SMILES string of the molecule is CCCCCCCCC(C(=O)O)c1ccc(-c2ncc(OCCCCOCCC)cn2)cc1. The second-order valence-corrected chi connectivity index (χ2v) is 8.48. The Morgan fingerprint density at radius 2 is 1.52 bits per heavy atom. The van der Waals surface area contributed by atoms with Crippen LogP contribution in [-0.4, -0.2) is 40.9 Å². The summed E-state index contributed by atoms with van der Waals surface area (Å²) in [5, 5.41) is 9.68. The first kappa shape index (κ1) is 26.8. The van der Waals surface area contributed by atoms with E-state index in [2.05, 4.69) is 23.8 Å². The number of hydrogen-bond acceptors (Lipinski definition) is 5. The number of hydrogen-bond donors (Lipinski definition) is 1. The average molecular weight is 457 g/mol. The van der Waals surface area contributed by atoms with Crippen LogP contribution in [0.5, 0.6) is 5.75 Å². The molecule has 1 aromatic carbocycles. The maximum atomic E-state index is 11.8. The molecule has 182 valence electrons. The topological polar surface area (TPSA) is 81.5 Å². The summed E-state index contributed by atoms with van der Waals surface area (Å²) in [5.41, 5.74) is 1.70. The lowest BCUT2D eigenvalue weighted by Crippen LogP contribution is -2.11. The number of carboxylic acid groups (broad SMARTS) is 1. The van der Waals surface area contributed by atoms with Crippen LogP contribution in [0.2, 0.25) is 0 Å². The van der Waals surface area contributed by atoms with Gasteiger partial charge in [-0.05, 0) is 31.2 Å². The minimum Gasteiger partial charge on any atom is -0.490 e. The summed E-state index contributed by atoms with van der Waals surface area (Å²) in [4.78, 5) is 20.6. The van der Waals surface area contributed by atoms with Crippen molar-refractivity contribution >= 4 is 5.97 Å². The lowest BCUT2D eigenvalue weighted by molar-refractivity contribution is -0.139. The summed E-state index contributed by atoms with van der Waals surface area (Å²) >= 11 is 0. The fourth-order valence-electron chi connectivity index (χ4n) is 3.71. The Morgan fingerprint density at radius 3 is 2.18 bits per heavy atom. The quantitative estimate of drug-likeness (QED) is 0.253. The highest BCUT2D eigenvalue weighted by Gasteiger charge is 2.19. The Balaban J connectivity index is 1.82. The van der Waals surface area contributed by atoms with E-state index in [1.165, 1.54) is 25.7 Å². The predicted octanol–water partition coefficient (Wildman–Crippen LogP) is 6.65. The van der Waals surface area contributed by atoms with E-state index in [0.29, 0.717) is 24.6 Å². The molecule has 0 aliphatic heterocycles. The van der Waals surface area contributed by atoms with E-state index in [1.807, 2.05) is 24.3 Å². The van der Waals surface area contributed by atoms with Gasteiger partial charge in [0.05, 0.1) is 24.9 Å². The number of benzene rings is 1. The zero-order valence-electron chi connectivity index (χ0n) is 20.3. The van der Waals surface area contributed by atoms with Crippen LogP contribution in [0, 0.1) is 0 Å². The molecular formula is C27H40N2O4. The van der Waals surface area contributed by atoms with Crippen molar-refractivity contribution in [3.63, 3.8) is 0 Å². The number of carboxylic acids is 1. The molecule has 2 rings (SSSR count). The Hall–Kier alpha value is -2.47. The van der Waals surface area contributed by atoms with Crippen molar-refractivity contribution in [2.24, 2.45) is 0 Å². The molecule has 33 heavy (non-hydrogen) atoms. The molecule has 0 aliphatic rings. The fourth-order valence-corrected chi connectivity index (χ4v) is 3.71. The van der Waals surface area contributed by atoms with E-state index in [-0.39, 0.29) is 0 Å². The number of rotatable bonds is 18. The van der Waals surface area contributed by atoms with E-state index < -0.39 is 11.9 Å². The first-order chi connectivity index (χ1) is 16.2. The van der Waals surface area contributed by atoms with Gasteiger partial charge in [-0.3, -0.25) is 4.79 Å². The van der Waals surface area contributed by atoms with Crippen LogP contribution < -0.4 is 4.74 Å². The van der Waals surface area contributed by atoms with Gasteiger partial charge in [-0.15, -0.1) is 0 Å². The molecule has 0 aliphatic carbocycles. The van der Waals surface area contributed by atoms with E-state index in [0.717, 1.165) is 56.4 Å². The van der Waals surface area contributed by atoms with E-state index in [4.69, 9.17) is 9.47 Å². The van der Waals surface area contributed by atoms with Gasteiger partial charge in [0.1, 0.15) is 0 Å². The molecule has 1 unspecified atom stereocenters. The van der Waals surface area contributed by atoms with Crippen LogP contribution in [0.1, 0.15) is 89.5 Å². The molecule has 6 heteroatoms. The maximum Gasteiger partial charge on any atom is 0.310 e. The van der Waals surface area contributed by atoms with Crippen LogP contribution in [0.3, 0.4) is 0 Å². The number of aromatic nitrogens is 2. The summed E-state index contributed by atoms with van der Waals surface area (Å²) in [6.07, 6.45) is 13.9. The van der Waals surface area contributed by atoms with Crippen molar-refractivity contribution in [2.45, 2.75) is 84.0 Å². The molecule has 0 radical (unpaired) electrons. The third-order valence-corrected chi connectivity index (χ3v) is 5.64. The summed E-state index contributed by atoms with van der Waals surface area (Å²) in [5.74, 6) is 0.0275. The smallest absolute Gasteiger partial charge is 0.310 e. The minimum absolute atomic E-state index is 0.464. The summed E-state index contributed by atoms with van der Waals surface area (Å²) in [7, 11) is 0. The molecule has 1 N–H and O–H groups in total. The third kappa shape index (κ3) is 10.3. The molecule has 2 aromatic rings. The summed E-state index contributed by atoms with van der Waals surface area (Å²) in [6, 6.07) is 7.58. The second kappa shape index (κ2) is 16.2. The van der Waals surface area contributed by atoms with E-state index in [9.17, 15) is 9.90 Å². The van der Waals surface area contributed by atoms with Gasteiger partial charge in [0, 0.05) is 18.8 Å². The average Bonchev–Trinajstić information content (AvgIpc) is 2.83. The van der Waals surface area contributed by atoms with Crippen LogP contribution in [0.15, 0.2) is 36.7 Å². The van der Waals surface area contributed by atoms with Gasteiger partial charge in [0.25, 0.3) is 0 Å². The molecular weight excluding hydrogens is 416 g/mol. The zero-order valence-corrected chi connectivity index (χ0v) is 20.3. The summed E-state index contributed by atoms with van der Waals surface area (Å²) in [6.45, 7) is 6.50. The van der Waals surface area contributed by atoms with Gasteiger partial charge >= 0.3 is 5.97 Å². The van der Waals surface area contributed by atoms with Gasteiger partial charge < -0.3 is 14.6 Å². The molecule has 0 amide bonds. The highest BCUT2D eigenvalue weighted by atomic mass is 16.5. The minimum atomic E-state index is -0.758. The van der Waals surface area contributed by atoms with Crippen LogP contribution in [0.4, 0.5) is 0 Å². The Bertz CT molecular complexity index is 778. The van der Waals surface area contributed by atoms with Crippen molar-refractivity contribution in [2.75, 3.05) is 19.8 Å². The first-order valence-electron chi connectivity index (χ1n) is 12.5. The Kier molecular flexibility index (Phi) is 13.1. The van der Waals surface area contributed by atoms with Crippen LogP contribution >= 0.6 is 0 Å². The monoisotopic (exact) mass is 456 g/mol. The largest absolute Gasteiger partial charge is 0.490 e. The standard InChI is InChI=1S/C27H40N2O4/c1-3-5-6-7-8-9-12-25(27(30)31)22-13-15-23(16-14-22)26-28-20-24(21-29-26)33-19-11-10-18-32-17-4-2/h13-16,20-21,25H,3-12,17-19H2,1-2H3,(H,30,31). The predicted molar refractivity (Wildman–Crippen MR) is 132 cm³/mol. The van der Waals surface area contributed by atoms with Crippen molar-refractivity contribution in [3.8, 4) is 17.1 Å². The van der Waals surface area contributed by atoms with E-state index in [1.54, 1.807) is 12.4 Å². The van der Waals surface area contributed by atoms with Gasteiger partial charge in [-0.25, -0.2) is 9.97 Å². The highest BCUT2D eigenvalue weighted by Crippen LogP contribution is 2.26. The first-order valence-corrected chi connectivity index (χ1v) is 12.5. The molecule has 1 aromatic heterocycles. The van der Waals surface area contributed by atoms with Gasteiger partial charge in [-0.2, -0.15) is 0 Å². The molecule has 6 nitrogen and oxygen atoms in total. The number of nitrogens with zero attached hydrogens (tertiary/aromatic N) is 2. The molecule has 1 heterocycles. The molecule has 0 saturated carbocycles. The van der Waals surface area contributed by atoms with Crippen molar-refractivity contribution in [1.29, 1.82) is 0 Å². The number of aliphatic carboxylic acids is 1. The maximum absolute atomic E-state index is 11.8. The van der Waals surface area contributed by atoms with Crippen LogP contribution in [-0.2, 0) is 9.53 Å². The molecule has 0 spiro atoms. The second-order valence-electron chi connectivity index (χ2n) is 8.48. The number of ether oxygens (including phenoxy) is 2. The van der Waals surface area contributed by atoms with Crippen molar-refractivity contribution in [1.82, 2.24) is 9.97 Å². The lowest BCUT2D eigenvalue weighted by Gasteiger charge is -2.13. The number of unbranched alkanes of at least 4 members (excludes halogenated alkanes) is 6. The number of carbonyl (C=O) groups is 1. The fraction of sp³-hybridized carbons (Fsp3) is 0.593. The van der Waals surface area contributed by atoms with E-state index >= 15 is 0 Å². The molecule has 1 atom stereocenters. The Morgan fingerprint density at radius 1 is 0.848 bits per heavy atom. The van der Waals surface area contributed by atoms with Crippen molar-refractivity contribution < 1.29 is 19.4 Å². The van der Waals surface area contributed by atoms with Gasteiger partial charge in [0.2, 0.25) is 0 Å². The third-order valence-electron chi connectivity index (χ3n) is 5.64. The zero-order chi connectivity index (χ0) is 23.7. The van der Waals surface area contributed by atoms with Crippen LogP contribution in [0.25, 0.3) is 11.4 Å². The summed E-state index contributed by atoms with van der Waals surface area (Å²) < 4.78 is 11.2. The van der Waals surface area contributed by atoms with Gasteiger partial charge in [0.15, 0.2) is 11.6 Å². The normalized spacial score (nSPS) is 11.9. The Labute approximate surface area is 198 Å².